The van der Waals surface area contributed by atoms with Crippen molar-refractivity contribution in [2.75, 3.05) is 0 Å². The van der Waals surface area contributed by atoms with Gasteiger partial charge < -0.3 is 4.55 Å². The van der Waals surface area contributed by atoms with E-state index in [-0.39, 0.29) is 34.5 Å². The number of hydrogen-bond donors (Lipinski definition) is 0. The fourth-order valence-electron chi connectivity index (χ4n) is 1.87. The molecule has 15 heavy (non-hydrogen) atoms. The summed E-state index contributed by atoms with van der Waals surface area (Å²) in [5.74, 6) is 0. The first kappa shape index (κ1) is 13.2. The summed E-state index contributed by atoms with van der Waals surface area (Å²) in [5, 5.41) is 0. The van der Waals surface area contributed by atoms with Gasteiger partial charge in [-0.15, -0.1) is 0 Å². The van der Waals surface area contributed by atoms with Gasteiger partial charge in [0, 0.05) is 0 Å². The van der Waals surface area contributed by atoms with Crippen LogP contribution in [0.25, 0.3) is 0 Å². The summed E-state index contributed by atoms with van der Waals surface area (Å²) in [6.45, 7) is 0. The minimum absolute atomic E-state index is 0. The molecule has 1 aromatic rings. The number of benzene rings is 1. The number of rotatable bonds is 1. The van der Waals surface area contributed by atoms with Gasteiger partial charge in [0.05, 0.1) is 4.90 Å². The summed E-state index contributed by atoms with van der Waals surface area (Å²) in [4.78, 5) is -0.0989. The van der Waals surface area contributed by atoms with Crippen LogP contribution in [0, 0.1) is 0 Å². The Morgan fingerprint density at radius 3 is 2.27 bits per heavy atom. The van der Waals surface area contributed by atoms with E-state index in [1.807, 2.05) is 0 Å². The molecule has 0 saturated carbocycles. The van der Waals surface area contributed by atoms with Gasteiger partial charge in [0.15, 0.2) is 0 Å². The van der Waals surface area contributed by atoms with E-state index in [0.717, 1.165) is 31.2 Å². The van der Waals surface area contributed by atoms with Gasteiger partial charge in [0.1, 0.15) is 10.1 Å². The van der Waals surface area contributed by atoms with Crippen LogP contribution in [0.2, 0.25) is 0 Å². The topological polar surface area (TPSA) is 57.2 Å². The molecular weight excluding hydrogens is 223 g/mol. The maximum Gasteiger partial charge on any atom is 1.00 e. The van der Waals surface area contributed by atoms with E-state index in [0.29, 0.717) is 0 Å². The molecule has 0 heterocycles. The molecule has 1 aromatic carbocycles. The van der Waals surface area contributed by atoms with Crippen molar-refractivity contribution in [1.29, 1.82) is 0 Å². The Morgan fingerprint density at radius 2 is 1.67 bits per heavy atom. The summed E-state index contributed by atoms with van der Waals surface area (Å²) in [5.41, 5.74) is 2.21. The second kappa shape index (κ2) is 4.97. The Labute approximate surface area is 112 Å². The second-order valence-electron chi connectivity index (χ2n) is 3.59. The third-order valence-electron chi connectivity index (χ3n) is 2.61. The van der Waals surface area contributed by atoms with E-state index >= 15 is 0 Å². The maximum absolute atomic E-state index is 10.8. The molecule has 0 atom stereocenters. The Kier molecular flexibility index (Phi) is 4.38. The molecule has 0 saturated heterocycles. The van der Waals surface area contributed by atoms with E-state index in [1.54, 1.807) is 6.07 Å². The van der Waals surface area contributed by atoms with Crippen molar-refractivity contribution >= 4 is 10.1 Å². The first-order chi connectivity index (χ1) is 6.57. The van der Waals surface area contributed by atoms with Gasteiger partial charge in [0.25, 0.3) is 0 Å². The smallest absolute Gasteiger partial charge is 0.744 e. The molecule has 0 N–H and O–H groups in total. The molecule has 0 radical (unpaired) electrons. The van der Waals surface area contributed by atoms with E-state index in [9.17, 15) is 13.0 Å². The minimum Gasteiger partial charge on any atom is -0.744 e. The Hall–Kier alpha value is 0.130. The van der Waals surface area contributed by atoms with Crippen LogP contribution < -0.4 is 29.6 Å². The summed E-state index contributed by atoms with van der Waals surface area (Å²) >= 11 is 0. The fourth-order valence-corrected chi connectivity index (χ4v) is 2.39. The summed E-state index contributed by atoms with van der Waals surface area (Å²) in [6, 6.07) is 4.70. The van der Waals surface area contributed by atoms with Crippen LogP contribution in [0.3, 0.4) is 0 Å². The largest absolute Gasteiger partial charge is 1.00 e. The molecule has 1 aliphatic carbocycles. The molecular formula is C10H11NaO3S. The van der Waals surface area contributed by atoms with Gasteiger partial charge in [-0.2, -0.15) is 0 Å². The zero-order valence-corrected chi connectivity index (χ0v) is 11.5. The van der Waals surface area contributed by atoms with Crippen molar-refractivity contribution in [3.8, 4) is 0 Å². The van der Waals surface area contributed by atoms with Crippen LogP contribution in [-0.4, -0.2) is 13.0 Å². The molecule has 0 aromatic heterocycles. The van der Waals surface area contributed by atoms with Crippen molar-refractivity contribution in [1.82, 2.24) is 0 Å². The third-order valence-corrected chi connectivity index (χ3v) is 3.44. The molecule has 0 amide bonds. The number of fused-ring (bicyclic) bond motifs is 1. The van der Waals surface area contributed by atoms with Crippen LogP contribution >= 0.6 is 0 Å². The average molecular weight is 234 g/mol. The van der Waals surface area contributed by atoms with Gasteiger partial charge in [-0.3, -0.25) is 0 Å². The predicted octanol–water partition coefficient (Wildman–Crippen LogP) is -1.53. The zero-order valence-electron chi connectivity index (χ0n) is 8.69. The van der Waals surface area contributed by atoms with Crippen molar-refractivity contribution in [3.63, 3.8) is 0 Å². The average Bonchev–Trinajstić information content (AvgIpc) is 2.16. The molecule has 76 valence electrons. The first-order valence-corrected chi connectivity index (χ1v) is 6.06. The molecule has 1 aliphatic rings. The monoisotopic (exact) mass is 234 g/mol. The van der Waals surface area contributed by atoms with E-state index in [2.05, 4.69) is 0 Å². The summed E-state index contributed by atoms with van der Waals surface area (Å²) in [6.07, 6.45) is 4.11. The first-order valence-electron chi connectivity index (χ1n) is 4.65. The van der Waals surface area contributed by atoms with Crippen LogP contribution in [0.4, 0.5) is 0 Å². The predicted molar refractivity (Wildman–Crippen MR) is 51.0 cm³/mol. The van der Waals surface area contributed by atoms with E-state index in [4.69, 9.17) is 0 Å². The Balaban J connectivity index is 0.00000112. The van der Waals surface area contributed by atoms with Gasteiger partial charge in [0.2, 0.25) is 0 Å². The maximum atomic E-state index is 10.8. The molecule has 0 aliphatic heterocycles. The number of aryl methyl sites for hydroxylation is 2. The molecule has 0 unspecified atom stereocenters. The summed E-state index contributed by atoms with van der Waals surface area (Å²) < 4.78 is 32.3. The van der Waals surface area contributed by atoms with Crippen molar-refractivity contribution in [3.05, 3.63) is 29.3 Å². The normalized spacial score (nSPS) is 15.3. The molecule has 5 heteroatoms. The third kappa shape index (κ3) is 3.04. The van der Waals surface area contributed by atoms with Crippen molar-refractivity contribution < 1.29 is 42.5 Å². The molecule has 0 fully saturated rings. The number of hydrogen-bond acceptors (Lipinski definition) is 3. The van der Waals surface area contributed by atoms with Crippen molar-refractivity contribution in [2.24, 2.45) is 0 Å². The van der Waals surface area contributed by atoms with Crippen LogP contribution in [-0.2, 0) is 23.0 Å². The standard InChI is InChI=1S/C10H12O3S.Na/c11-14(12,13)10-6-5-8-3-1-2-4-9(8)7-10;/h5-7H,1-4H2,(H,11,12,13);/q;+1/p-1. The van der Waals surface area contributed by atoms with Crippen LogP contribution in [0.1, 0.15) is 24.0 Å². The Bertz CT molecular complexity index is 454. The van der Waals surface area contributed by atoms with E-state index in [1.165, 1.54) is 17.7 Å². The Morgan fingerprint density at radius 1 is 1.07 bits per heavy atom. The summed E-state index contributed by atoms with van der Waals surface area (Å²) in [7, 11) is -4.29. The molecule has 3 nitrogen and oxygen atoms in total. The van der Waals surface area contributed by atoms with E-state index < -0.39 is 10.1 Å². The van der Waals surface area contributed by atoms with Crippen LogP contribution in [0.5, 0.6) is 0 Å². The zero-order chi connectivity index (χ0) is 10.2. The van der Waals surface area contributed by atoms with Gasteiger partial charge >= 0.3 is 29.6 Å². The van der Waals surface area contributed by atoms with Crippen LogP contribution in [0.15, 0.2) is 23.1 Å². The molecule has 2 rings (SSSR count). The quantitative estimate of drug-likeness (QED) is 0.438. The SMILES string of the molecule is O=S(=O)([O-])c1ccc2c(c1)CCCC2.[Na+]. The van der Waals surface area contributed by atoms with Gasteiger partial charge in [-0.05, 0) is 48.9 Å². The van der Waals surface area contributed by atoms with Gasteiger partial charge in [-0.1, -0.05) is 6.07 Å². The minimum atomic E-state index is -4.29. The molecule has 0 bridgehead atoms. The van der Waals surface area contributed by atoms with Gasteiger partial charge in [-0.25, -0.2) is 8.42 Å². The fraction of sp³-hybridized carbons (Fsp3) is 0.400. The van der Waals surface area contributed by atoms with Crippen molar-refractivity contribution in [2.45, 2.75) is 30.6 Å². The second-order valence-corrected chi connectivity index (χ2v) is 4.97. The molecule has 0 spiro atoms.